The van der Waals surface area contributed by atoms with Gasteiger partial charge in [-0.05, 0) is 49.4 Å². The molecule has 8 heteroatoms. The average Bonchev–Trinajstić information content (AvgIpc) is 2.61. The van der Waals surface area contributed by atoms with Gasteiger partial charge in [-0.3, -0.25) is 0 Å². The number of hydrogen-bond donors (Lipinski definition) is 2. The third kappa shape index (κ3) is 6.62. The number of nitrogens with one attached hydrogen (secondary N) is 2. The maximum absolute atomic E-state index is 12.9. The van der Waals surface area contributed by atoms with Gasteiger partial charge >= 0.3 is 6.03 Å². The molecule has 2 N–H and O–H groups in total. The first-order valence-corrected chi connectivity index (χ1v) is 10.3. The van der Waals surface area contributed by atoms with Gasteiger partial charge in [0.15, 0.2) is 0 Å². The van der Waals surface area contributed by atoms with Gasteiger partial charge in [-0.25, -0.2) is 22.3 Å². The highest BCUT2D eigenvalue weighted by atomic mass is 32.2. The molecule has 2 rings (SSSR count). The van der Waals surface area contributed by atoms with Crippen molar-refractivity contribution in [1.29, 1.82) is 0 Å². The van der Waals surface area contributed by atoms with Crippen molar-refractivity contribution in [3.05, 3.63) is 30.1 Å². The molecule has 25 heavy (non-hydrogen) atoms. The van der Waals surface area contributed by atoms with Crippen LogP contribution in [0.25, 0.3) is 0 Å². The minimum atomic E-state index is -3.19. The molecular weight excluding hydrogens is 345 g/mol. The van der Waals surface area contributed by atoms with E-state index in [1.54, 1.807) is 4.90 Å². The second kappa shape index (κ2) is 9.15. The summed E-state index contributed by atoms with van der Waals surface area (Å²) in [6.45, 7) is 3.55. The number of benzene rings is 1. The number of sulfonamides is 1. The fraction of sp³-hybridized carbons (Fsp3) is 0.588. The number of piperidine rings is 1. The first-order chi connectivity index (χ1) is 11.9. The Bertz CT molecular complexity index is 656. The van der Waals surface area contributed by atoms with Gasteiger partial charge in [-0.15, -0.1) is 0 Å². The Hall–Kier alpha value is -1.67. The van der Waals surface area contributed by atoms with Crippen molar-refractivity contribution in [3.8, 4) is 0 Å². The Morgan fingerprint density at radius 3 is 2.48 bits per heavy atom. The van der Waals surface area contributed by atoms with E-state index in [1.165, 1.54) is 24.3 Å². The Morgan fingerprint density at radius 1 is 1.24 bits per heavy atom. The summed E-state index contributed by atoms with van der Waals surface area (Å²) in [6, 6.07) is 5.42. The highest BCUT2D eigenvalue weighted by Crippen LogP contribution is 2.18. The molecule has 0 atom stereocenters. The van der Waals surface area contributed by atoms with E-state index >= 15 is 0 Å². The first-order valence-electron chi connectivity index (χ1n) is 8.68. The van der Waals surface area contributed by atoms with Crippen molar-refractivity contribution in [3.63, 3.8) is 0 Å². The molecule has 1 aromatic rings. The minimum Gasteiger partial charge on any atom is -0.325 e. The number of urea groups is 1. The lowest BCUT2D eigenvalue weighted by Gasteiger charge is -2.32. The van der Waals surface area contributed by atoms with Gasteiger partial charge in [0.1, 0.15) is 5.82 Å². The molecule has 0 aromatic heterocycles. The van der Waals surface area contributed by atoms with E-state index in [-0.39, 0.29) is 23.5 Å². The van der Waals surface area contributed by atoms with Crippen LogP contribution in [0.3, 0.4) is 0 Å². The lowest BCUT2D eigenvalue weighted by atomic mass is 9.97. The van der Waals surface area contributed by atoms with Gasteiger partial charge in [-0.1, -0.05) is 13.3 Å². The van der Waals surface area contributed by atoms with E-state index in [4.69, 9.17) is 0 Å². The van der Waals surface area contributed by atoms with Crippen LogP contribution < -0.4 is 10.0 Å². The maximum Gasteiger partial charge on any atom is 0.321 e. The van der Waals surface area contributed by atoms with Crippen LogP contribution in [0.4, 0.5) is 14.9 Å². The van der Waals surface area contributed by atoms with Gasteiger partial charge in [0.25, 0.3) is 0 Å². The van der Waals surface area contributed by atoms with Gasteiger partial charge in [0.05, 0.1) is 5.75 Å². The Balaban J connectivity index is 1.73. The summed E-state index contributed by atoms with van der Waals surface area (Å²) in [6.07, 6.45) is 3.03. The molecule has 2 amide bonds. The van der Waals surface area contributed by atoms with Crippen LogP contribution in [-0.2, 0) is 10.0 Å². The Labute approximate surface area is 148 Å². The third-order valence-electron chi connectivity index (χ3n) is 4.36. The number of carbonyl (C=O) groups is 1. The van der Waals surface area contributed by atoms with Gasteiger partial charge in [0, 0.05) is 25.3 Å². The standard InChI is InChI=1S/C17H26FN3O3S/c1-2-3-12-25(23,24)19-13-14-8-10-21(11-9-14)17(22)20-16-6-4-15(18)5-7-16/h4-7,14,19H,2-3,8-13H2,1H3,(H,20,22). The van der Waals surface area contributed by atoms with Crippen molar-refractivity contribution >= 4 is 21.7 Å². The summed E-state index contributed by atoms with van der Waals surface area (Å²) in [5.41, 5.74) is 0.553. The average molecular weight is 371 g/mol. The quantitative estimate of drug-likeness (QED) is 0.774. The van der Waals surface area contributed by atoms with Crippen LogP contribution in [0.2, 0.25) is 0 Å². The largest absolute Gasteiger partial charge is 0.325 e. The number of likely N-dealkylation sites (tertiary alicyclic amines) is 1. The van der Waals surface area contributed by atoms with Crippen molar-refractivity contribution in [2.45, 2.75) is 32.6 Å². The Morgan fingerprint density at radius 2 is 1.88 bits per heavy atom. The topological polar surface area (TPSA) is 78.5 Å². The third-order valence-corrected chi connectivity index (χ3v) is 5.79. The summed E-state index contributed by atoms with van der Waals surface area (Å²) in [4.78, 5) is 13.9. The second-order valence-corrected chi connectivity index (χ2v) is 8.31. The molecule has 1 saturated heterocycles. The van der Waals surface area contributed by atoms with Crippen LogP contribution in [0.1, 0.15) is 32.6 Å². The lowest BCUT2D eigenvalue weighted by molar-refractivity contribution is 0.183. The van der Waals surface area contributed by atoms with Crippen molar-refractivity contribution in [2.75, 3.05) is 30.7 Å². The smallest absolute Gasteiger partial charge is 0.321 e. The van der Waals surface area contributed by atoms with Crippen molar-refractivity contribution < 1.29 is 17.6 Å². The summed E-state index contributed by atoms with van der Waals surface area (Å²) in [5.74, 6) is 0.0640. The fourth-order valence-electron chi connectivity index (χ4n) is 2.73. The van der Waals surface area contributed by atoms with Crippen LogP contribution >= 0.6 is 0 Å². The zero-order chi connectivity index (χ0) is 18.3. The minimum absolute atomic E-state index is 0.169. The monoisotopic (exact) mass is 371 g/mol. The number of nitrogens with zero attached hydrogens (tertiary/aromatic N) is 1. The number of hydrogen-bond acceptors (Lipinski definition) is 3. The Kier molecular flexibility index (Phi) is 7.19. The highest BCUT2D eigenvalue weighted by molar-refractivity contribution is 7.89. The molecule has 1 aromatic carbocycles. The van der Waals surface area contributed by atoms with E-state index in [0.717, 1.165) is 19.3 Å². The second-order valence-electron chi connectivity index (χ2n) is 6.39. The number of unbranched alkanes of at least 4 members (excludes halogenated alkanes) is 1. The van der Waals surface area contributed by atoms with Gasteiger partial charge < -0.3 is 10.2 Å². The number of rotatable bonds is 7. The fourth-order valence-corrected chi connectivity index (χ4v) is 4.03. The van der Waals surface area contributed by atoms with E-state index in [9.17, 15) is 17.6 Å². The molecule has 1 fully saturated rings. The van der Waals surface area contributed by atoms with Crippen LogP contribution in [0.5, 0.6) is 0 Å². The molecule has 0 aliphatic carbocycles. The predicted octanol–water partition coefficient (Wildman–Crippen LogP) is 2.79. The normalized spacial score (nSPS) is 16.0. The highest BCUT2D eigenvalue weighted by Gasteiger charge is 2.24. The van der Waals surface area contributed by atoms with Gasteiger partial charge in [-0.2, -0.15) is 0 Å². The van der Waals surface area contributed by atoms with E-state index in [2.05, 4.69) is 10.0 Å². The van der Waals surface area contributed by atoms with Crippen molar-refractivity contribution in [2.24, 2.45) is 5.92 Å². The molecular formula is C17H26FN3O3S. The molecule has 1 heterocycles. The molecule has 1 aliphatic rings. The zero-order valence-electron chi connectivity index (χ0n) is 14.5. The number of anilines is 1. The SMILES string of the molecule is CCCCS(=O)(=O)NCC1CCN(C(=O)Nc2ccc(F)cc2)CC1. The zero-order valence-corrected chi connectivity index (χ0v) is 15.3. The van der Waals surface area contributed by atoms with E-state index < -0.39 is 10.0 Å². The molecule has 0 bridgehead atoms. The van der Waals surface area contributed by atoms with E-state index in [0.29, 0.717) is 31.7 Å². The van der Waals surface area contributed by atoms with Crippen LogP contribution in [-0.4, -0.2) is 44.7 Å². The summed E-state index contributed by atoms with van der Waals surface area (Å²) in [7, 11) is -3.19. The molecule has 1 aliphatic heterocycles. The first kappa shape index (κ1) is 19.7. The number of carbonyl (C=O) groups excluding carboxylic acids is 1. The molecule has 0 saturated carbocycles. The van der Waals surface area contributed by atoms with E-state index in [1.807, 2.05) is 6.92 Å². The summed E-state index contributed by atoms with van der Waals surface area (Å²) < 4.78 is 39.2. The lowest BCUT2D eigenvalue weighted by Crippen LogP contribution is -2.43. The van der Waals surface area contributed by atoms with Crippen LogP contribution in [0, 0.1) is 11.7 Å². The van der Waals surface area contributed by atoms with Crippen LogP contribution in [0.15, 0.2) is 24.3 Å². The number of halogens is 1. The van der Waals surface area contributed by atoms with Gasteiger partial charge in [0.2, 0.25) is 10.0 Å². The number of amides is 2. The van der Waals surface area contributed by atoms with Crippen molar-refractivity contribution in [1.82, 2.24) is 9.62 Å². The maximum atomic E-state index is 12.9. The molecule has 0 spiro atoms. The molecule has 0 unspecified atom stereocenters. The molecule has 140 valence electrons. The summed E-state index contributed by atoms with van der Waals surface area (Å²) >= 11 is 0. The predicted molar refractivity (Wildman–Crippen MR) is 96.4 cm³/mol. The molecule has 6 nitrogen and oxygen atoms in total. The summed E-state index contributed by atoms with van der Waals surface area (Å²) in [5, 5.41) is 2.74. The molecule has 0 radical (unpaired) electrons.